The molecule has 0 aromatic heterocycles. The van der Waals surface area contributed by atoms with E-state index in [1.165, 1.54) is 34.1 Å². The number of hydrogen-bond acceptors (Lipinski definition) is 6. The van der Waals surface area contributed by atoms with Crippen molar-refractivity contribution in [1.29, 1.82) is 0 Å². The summed E-state index contributed by atoms with van der Waals surface area (Å²) in [6, 6.07) is 22.0. The number of carbonyl (C=O) groups excluding carboxylic acids is 2. The summed E-state index contributed by atoms with van der Waals surface area (Å²) in [6.07, 6.45) is 1.75. The lowest BCUT2D eigenvalue weighted by molar-refractivity contribution is 0.231. The van der Waals surface area contributed by atoms with E-state index in [0.29, 0.717) is 15.7 Å². The van der Waals surface area contributed by atoms with Crippen LogP contribution in [0.5, 0.6) is 0 Å². The van der Waals surface area contributed by atoms with Crippen LogP contribution in [-0.2, 0) is 20.0 Å². The van der Waals surface area contributed by atoms with Gasteiger partial charge in [0.25, 0.3) is 20.0 Å². The van der Waals surface area contributed by atoms with Crippen LogP contribution >= 0.6 is 23.2 Å². The predicted molar refractivity (Wildman–Crippen MR) is 185 cm³/mol. The third-order valence-electron chi connectivity index (χ3n) is 8.17. The van der Waals surface area contributed by atoms with Crippen molar-refractivity contribution in [3.63, 3.8) is 0 Å². The van der Waals surface area contributed by atoms with Crippen molar-refractivity contribution < 1.29 is 26.4 Å². The van der Waals surface area contributed by atoms with Crippen LogP contribution in [0.1, 0.15) is 17.5 Å². The van der Waals surface area contributed by atoms with Gasteiger partial charge in [-0.3, -0.25) is 9.80 Å². The predicted octanol–water partition coefficient (Wildman–Crippen LogP) is 7.21. The number of sulfonamides is 2. The van der Waals surface area contributed by atoms with Gasteiger partial charge in [-0.05, 0) is 93.1 Å². The molecule has 0 bridgehead atoms. The molecule has 4 amide bonds. The maximum Gasteiger partial charge on any atom is 0.342 e. The fourth-order valence-electron chi connectivity index (χ4n) is 5.66. The average molecular weight is 726 g/mol. The second kappa shape index (κ2) is 12.9. The van der Waals surface area contributed by atoms with E-state index in [4.69, 9.17) is 23.2 Å². The number of hydrogen-bond donors (Lipinski definition) is 0. The van der Waals surface area contributed by atoms with E-state index in [1.807, 2.05) is 13.8 Å². The number of benzene rings is 4. The lowest BCUT2D eigenvalue weighted by Gasteiger charge is -2.34. The summed E-state index contributed by atoms with van der Waals surface area (Å²) in [5.41, 5.74) is 2.50. The maximum absolute atomic E-state index is 14.5. The Balaban J connectivity index is 1.49. The Kier molecular flexibility index (Phi) is 9.03. The van der Waals surface area contributed by atoms with E-state index < -0.39 is 38.2 Å². The highest BCUT2D eigenvalue weighted by atomic mass is 35.5. The van der Waals surface area contributed by atoms with Gasteiger partial charge in [0.2, 0.25) is 0 Å². The van der Waals surface area contributed by atoms with Gasteiger partial charge in [-0.2, -0.15) is 0 Å². The van der Waals surface area contributed by atoms with Gasteiger partial charge in [-0.15, -0.1) is 0 Å². The van der Waals surface area contributed by atoms with Gasteiger partial charge in [-0.25, -0.2) is 35.0 Å². The number of amides is 4. The number of halogens is 2. The smallest absolute Gasteiger partial charge is 0.283 e. The van der Waals surface area contributed by atoms with Gasteiger partial charge < -0.3 is 0 Å². The first kappa shape index (κ1) is 33.5. The lowest BCUT2D eigenvalue weighted by Crippen LogP contribution is -2.49. The quantitative estimate of drug-likeness (QED) is 0.199. The molecule has 1 unspecified atom stereocenters. The standard InChI is InChI=1S/C34H30Cl2N4O6S2/c1-23-5-17-29(18-6-23)47(43,44)37-21-3-4-31(39(33(37)41)27-13-9-25(35)10-14-27)32-22-38(48(45,46)30-19-7-24(2)8-20-30)34(42)40(32)28-15-11-26(36)12-16-28/h4-20,32H,3,21-22H2,1-2H3. The number of aryl methyl sites for hydroxylation is 2. The molecular weight excluding hydrogens is 695 g/mol. The van der Waals surface area contributed by atoms with Crippen LogP contribution in [0.15, 0.2) is 119 Å². The van der Waals surface area contributed by atoms with Crippen molar-refractivity contribution in [1.82, 2.24) is 8.61 Å². The van der Waals surface area contributed by atoms with Gasteiger partial charge in [0.1, 0.15) is 0 Å². The monoisotopic (exact) mass is 724 g/mol. The van der Waals surface area contributed by atoms with Crippen LogP contribution in [-0.4, -0.2) is 56.6 Å². The van der Waals surface area contributed by atoms with Crippen molar-refractivity contribution in [2.24, 2.45) is 0 Å². The fraction of sp³-hybridized carbons (Fsp3) is 0.176. The zero-order valence-corrected chi connectivity index (χ0v) is 29.0. The van der Waals surface area contributed by atoms with Crippen molar-refractivity contribution in [3.8, 4) is 0 Å². The Labute approximate surface area is 289 Å². The van der Waals surface area contributed by atoms with E-state index in [2.05, 4.69) is 0 Å². The summed E-state index contributed by atoms with van der Waals surface area (Å²) >= 11 is 12.3. The number of urea groups is 2. The molecular formula is C34H30Cl2N4O6S2. The van der Waals surface area contributed by atoms with Crippen LogP contribution < -0.4 is 9.80 Å². The molecule has 0 radical (unpaired) electrons. The SMILES string of the molecule is Cc1ccc(S(=O)(=O)N2CCC=C(C3CN(S(=O)(=O)c4ccc(C)cc4)C(=O)N3c3ccc(Cl)cc3)N(c3ccc(Cl)cc3)C2=O)cc1. The van der Waals surface area contributed by atoms with Crippen LogP contribution in [0.25, 0.3) is 0 Å². The van der Waals surface area contributed by atoms with Crippen molar-refractivity contribution in [2.75, 3.05) is 22.9 Å². The molecule has 2 heterocycles. The summed E-state index contributed by atoms with van der Waals surface area (Å²) < 4.78 is 57.3. The Bertz CT molecular complexity index is 2120. The Morgan fingerprint density at radius 3 is 1.56 bits per heavy atom. The average Bonchev–Trinajstić information content (AvgIpc) is 3.30. The highest BCUT2D eigenvalue weighted by molar-refractivity contribution is 7.90. The number of anilines is 2. The van der Waals surface area contributed by atoms with Gasteiger partial charge >= 0.3 is 12.1 Å². The molecule has 0 spiro atoms. The van der Waals surface area contributed by atoms with E-state index in [0.717, 1.165) is 19.7 Å². The zero-order chi connectivity index (χ0) is 34.4. The molecule has 4 aromatic rings. The molecule has 0 N–H and O–H groups in total. The number of rotatable bonds is 7. The molecule has 2 aliphatic heterocycles. The first-order valence-electron chi connectivity index (χ1n) is 14.9. The minimum Gasteiger partial charge on any atom is -0.283 e. The highest BCUT2D eigenvalue weighted by Crippen LogP contribution is 2.38. The summed E-state index contributed by atoms with van der Waals surface area (Å²) in [4.78, 5) is 31.1. The first-order valence-corrected chi connectivity index (χ1v) is 18.5. The van der Waals surface area contributed by atoms with Gasteiger partial charge in [-0.1, -0.05) is 64.7 Å². The molecule has 48 heavy (non-hydrogen) atoms. The van der Waals surface area contributed by atoms with Gasteiger partial charge in [0.05, 0.1) is 28.1 Å². The van der Waals surface area contributed by atoms with Crippen molar-refractivity contribution in [3.05, 3.63) is 130 Å². The molecule has 0 aliphatic carbocycles. The molecule has 10 nitrogen and oxygen atoms in total. The second-order valence-corrected chi connectivity index (χ2v) is 16.0. The molecule has 1 fully saturated rings. The number of nitrogens with zero attached hydrogens (tertiary/aromatic N) is 4. The minimum atomic E-state index is -4.35. The van der Waals surface area contributed by atoms with E-state index in [1.54, 1.807) is 78.9 Å². The van der Waals surface area contributed by atoms with Crippen molar-refractivity contribution >= 4 is 66.7 Å². The summed E-state index contributed by atoms with van der Waals surface area (Å²) in [5, 5.41) is 0.777. The largest absolute Gasteiger partial charge is 0.342 e. The Morgan fingerprint density at radius 2 is 1.06 bits per heavy atom. The summed E-state index contributed by atoms with van der Waals surface area (Å²) in [6.45, 7) is 3.07. The lowest BCUT2D eigenvalue weighted by atomic mass is 10.1. The zero-order valence-electron chi connectivity index (χ0n) is 25.8. The minimum absolute atomic E-state index is 0.0600. The van der Waals surface area contributed by atoms with Gasteiger partial charge in [0.15, 0.2) is 0 Å². The summed E-state index contributed by atoms with van der Waals surface area (Å²) in [7, 11) is -8.67. The first-order chi connectivity index (χ1) is 22.8. The van der Waals surface area contributed by atoms with Crippen LogP contribution in [0.2, 0.25) is 10.0 Å². The third-order valence-corrected chi connectivity index (χ3v) is 12.2. The van der Waals surface area contributed by atoms with Crippen LogP contribution in [0, 0.1) is 13.8 Å². The fourth-order valence-corrected chi connectivity index (χ4v) is 8.65. The van der Waals surface area contributed by atoms with E-state index >= 15 is 0 Å². The van der Waals surface area contributed by atoms with E-state index in [-0.39, 0.29) is 40.7 Å². The molecule has 4 aromatic carbocycles. The maximum atomic E-state index is 14.5. The number of carbonyl (C=O) groups is 2. The topological polar surface area (TPSA) is 115 Å². The molecule has 0 saturated carbocycles. The molecule has 6 rings (SSSR count). The molecule has 1 atom stereocenters. The highest BCUT2D eigenvalue weighted by Gasteiger charge is 2.49. The van der Waals surface area contributed by atoms with E-state index in [9.17, 15) is 26.4 Å². The van der Waals surface area contributed by atoms with Gasteiger partial charge in [0, 0.05) is 28.0 Å². The van der Waals surface area contributed by atoms with Crippen LogP contribution in [0.3, 0.4) is 0 Å². The molecule has 1 saturated heterocycles. The Morgan fingerprint density at radius 1 is 0.604 bits per heavy atom. The third kappa shape index (κ3) is 6.16. The summed E-state index contributed by atoms with van der Waals surface area (Å²) in [5.74, 6) is 0. The normalized spacial score (nSPS) is 17.5. The molecule has 14 heteroatoms. The Hall–Kier alpha value is -4.36. The molecule has 248 valence electrons. The van der Waals surface area contributed by atoms with Crippen LogP contribution in [0.4, 0.5) is 21.0 Å². The molecule has 2 aliphatic rings. The van der Waals surface area contributed by atoms with Crippen molar-refractivity contribution in [2.45, 2.75) is 36.1 Å². The second-order valence-electron chi connectivity index (χ2n) is 11.4.